The number of halogens is 1. The highest BCUT2D eigenvalue weighted by molar-refractivity contribution is 8.00. The van der Waals surface area contributed by atoms with Crippen molar-refractivity contribution >= 4 is 35.0 Å². The van der Waals surface area contributed by atoms with Crippen molar-refractivity contribution in [3.63, 3.8) is 0 Å². The molecule has 27 heavy (non-hydrogen) atoms. The van der Waals surface area contributed by atoms with Crippen molar-refractivity contribution in [3.8, 4) is 17.5 Å². The van der Waals surface area contributed by atoms with Crippen LogP contribution < -0.4 is 5.32 Å². The van der Waals surface area contributed by atoms with Gasteiger partial charge in [0.1, 0.15) is 6.07 Å². The third-order valence-electron chi connectivity index (χ3n) is 3.68. The van der Waals surface area contributed by atoms with Crippen LogP contribution in [0.3, 0.4) is 0 Å². The highest BCUT2D eigenvalue weighted by Crippen LogP contribution is 2.27. The Morgan fingerprint density at radius 1 is 1.30 bits per heavy atom. The molecular weight excluding hydrogens is 384 g/mol. The maximum absolute atomic E-state index is 12.4. The molecule has 8 heteroatoms. The number of aryl methyl sites for hydroxylation is 1. The molecule has 0 aliphatic rings. The van der Waals surface area contributed by atoms with E-state index in [0.29, 0.717) is 22.4 Å². The Bertz CT molecular complexity index is 1030. The number of rotatable bonds is 5. The molecule has 0 saturated heterocycles. The molecule has 3 rings (SSSR count). The molecular formula is C19H15ClN4O2S. The second-order valence-electron chi connectivity index (χ2n) is 5.80. The minimum absolute atomic E-state index is 0.240. The van der Waals surface area contributed by atoms with E-state index in [1.807, 2.05) is 37.3 Å². The number of aromatic nitrogens is 2. The first-order chi connectivity index (χ1) is 13.0. The summed E-state index contributed by atoms with van der Waals surface area (Å²) < 4.78 is 5.65. The molecule has 0 spiro atoms. The van der Waals surface area contributed by atoms with E-state index in [2.05, 4.69) is 15.5 Å². The van der Waals surface area contributed by atoms with Gasteiger partial charge in [0.25, 0.3) is 5.22 Å². The fourth-order valence-electron chi connectivity index (χ4n) is 2.28. The Morgan fingerprint density at radius 3 is 2.81 bits per heavy atom. The van der Waals surface area contributed by atoms with Gasteiger partial charge in [-0.25, -0.2) is 0 Å². The summed E-state index contributed by atoms with van der Waals surface area (Å²) in [6, 6.07) is 14.4. The van der Waals surface area contributed by atoms with Crippen LogP contribution in [-0.2, 0) is 4.79 Å². The Hall–Kier alpha value is -2.82. The van der Waals surface area contributed by atoms with Crippen LogP contribution in [0, 0.1) is 18.3 Å². The smallest absolute Gasteiger partial charge is 0.277 e. The van der Waals surface area contributed by atoms with Crippen LogP contribution in [-0.4, -0.2) is 21.4 Å². The number of benzene rings is 2. The first kappa shape index (κ1) is 19.0. The predicted molar refractivity (Wildman–Crippen MR) is 105 cm³/mol. The molecule has 0 bridgehead atoms. The summed E-state index contributed by atoms with van der Waals surface area (Å²) in [6.45, 7) is 3.72. The van der Waals surface area contributed by atoms with Crippen molar-refractivity contribution in [1.29, 1.82) is 5.26 Å². The molecule has 1 amide bonds. The third kappa shape index (κ3) is 4.67. The van der Waals surface area contributed by atoms with E-state index in [1.54, 1.807) is 19.1 Å². The lowest BCUT2D eigenvalue weighted by atomic mass is 10.1. The first-order valence-corrected chi connectivity index (χ1v) is 9.30. The van der Waals surface area contributed by atoms with Crippen molar-refractivity contribution < 1.29 is 9.21 Å². The number of amides is 1. The summed E-state index contributed by atoms with van der Waals surface area (Å²) in [6.07, 6.45) is 0. The highest BCUT2D eigenvalue weighted by atomic mass is 35.5. The van der Waals surface area contributed by atoms with E-state index in [1.165, 1.54) is 6.07 Å². The van der Waals surface area contributed by atoms with Crippen molar-refractivity contribution in [2.24, 2.45) is 0 Å². The number of hydrogen-bond donors (Lipinski definition) is 1. The largest absolute Gasteiger partial charge is 0.411 e. The van der Waals surface area contributed by atoms with Crippen LogP contribution in [0.5, 0.6) is 0 Å². The Balaban J connectivity index is 1.65. The molecule has 136 valence electrons. The van der Waals surface area contributed by atoms with E-state index in [4.69, 9.17) is 21.3 Å². The molecule has 0 saturated carbocycles. The van der Waals surface area contributed by atoms with Crippen molar-refractivity contribution in [1.82, 2.24) is 10.2 Å². The molecule has 2 aromatic carbocycles. The van der Waals surface area contributed by atoms with Crippen LogP contribution in [0.15, 0.2) is 52.1 Å². The minimum atomic E-state index is -0.467. The standard InChI is InChI=1S/C19H15ClN4O2S/c1-11-4-3-5-13(8-11)18-23-24-19(26-18)27-12(2)17(25)22-15-7-6-14(10-21)16(20)9-15/h3-9,12H,1-2H3,(H,22,25)/t12-/m1/s1. The molecule has 0 fully saturated rings. The zero-order chi connectivity index (χ0) is 19.4. The second-order valence-corrected chi connectivity index (χ2v) is 7.50. The maximum atomic E-state index is 12.4. The fourth-order valence-corrected chi connectivity index (χ4v) is 3.19. The van der Waals surface area contributed by atoms with E-state index in [0.717, 1.165) is 22.9 Å². The second kappa shape index (κ2) is 8.25. The monoisotopic (exact) mass is 398 g/mol. The van der Waals surface area contributed by atoms with Gasteiger partial charge in [-0.05, 0) is 44.2 Å². The summed E-state index contributed by atoms with van der Waals surface area (Å²) in [4.78, 5) is 12.4. The van der Waals surface area contributed by atoms with E-state index in [9.17, 15) is 4.79 Å². The van der Waals surface area contributed by atoms with Gasteiger partial charge in [-0.15, -0.1) is 10.2 Å². The number of carbonyl (C=O) groups is 1. The van der Waals surface area contributed by atoms with Crippen LogP contribution >= 0.6 is 23.4 Å². The number of nitriles is 1. The predicted octanol–water partition coefficient (Wildman–Crippen LogP) is 4.69. The van der Waals surface area contributed by atoms with Gasteiger partial charge in [0, 0.05) is 11.3 Å². The third-order valence-corrected chi connectivity index (χ3v) is 4.92. The Labute approximate surface area is 165 Å². The number of nitrogens with zero attached hydrogens (tertiary/aromatic N) is 3. The van der Waals surface area contributed by atoms with Crippen LogP contribution in [0.25, 0.3) is 11.5 Å². The van der Waals surface area contributed by atoms with Gasteiger partial charge in [0.05, 0.1) is 15.8 Å². The minimum Gasteiger partial charge on any atom is -0.411 e. The highest BCUT2D eigenvalue weighted by Gasteiger charge is 2.19. The lowest BCUT2D eigenvalue weighted by Gasteiger charge is -2.10. The number of carbonyl (C=O) groups excluding carboxylic acids is 1. The van der Waals surface area contributed by atoms with Gasteiger partial charge in [0.2, 0.25) is 11.8 Å². The fraction of sp³-hybridized carbons (Fsp3) is 0.158. The average molecular weight is 399 g/mol. The zero-order valence-electron chi connectivity index (χ0n) is 14.6. The normalized spacial score (nSPS) is 11.6. The molecule has 1 N–H and O–H groups in total. The van der Waals surface area contributed by atoms with Crippen molar-refractivity contribution in [2.75, 3.05) is 5.32 Å². The number of thioether (sulfide) groups is 1. The van der Waals surface area contributed by atoms with Crippen molar-refractivity contribution in [2.45, 2.75) is 24.3 Å². The molecule has 0 aliphatic carbocycles. The maximum Gasteiger partial charge on any atom is 0.277 e. The zero-order valence-corrected chi connectivity index (χ0v) is 16.1. The lowest BCUT2D eigenvalue weighted by Crippen LogP contribution is -2.22. The molecule has 0 radical (unpaired) electrons. The Morgan fingerprint density at radius 2 is 2.11 bits per heavy atom. The molecule has 1 heterocycles. The van der Waals surface area contributed by atoms with Crippen molar-refractivity contribution in [3.05, 3.63) is 58.6 Å². The van der Waals surface area contributed by atoms with E-state index < -0.39 is 5.25 Å². The number of anilines is 1. The van der Waals surface area contributed by atoms with E-state index >= 15 is 0 Å². The van der Waals surface area contributed by atoms with E-state index in [-0.39, 0.29) is 10.9 Å². The van der Waals surface area contributed by atoms with Crippen LogP contribution in [0.1, 0.15) is 18.1 Å². The molecule has 6 nitrogen and oxygen atoms in total. The quantitative estimate of drug-likeness (QED) is 0.627. The van der Waals surface area contributed by atoms with Gasteiger partial charge >= 0.3 is 0 Å². The van der Waals surface area contributed by atoms with Crippen LogP contribution in [0.4, 0.5) is 5.69 Å². The van der Waals surface area contributed by atoms with Crippen LogP contribution in [0.2, 0.25) is 5.02 Å². The summed E-state index contributed by atoms with van der Waals surface area (Å²) in [5.41, 5.74) is 2.79. The molecule has 0 unspecified atom stereocenters. The first-order valence-electron chi connectivity index (χ1n) is 8.04. The molecule has 3 aromatic rings. The van der Waals surface area contributed by atoms with Gasteiger partial charge in [-0.3, -0.25) is 4.79 Å². The van der Waals surface area contributed by atoms with Gasteiger partial charge in [-0.2, -0.15) is 5.26 Å². The Kier molecular flexibility index (Phi) is 5.79. The number of nitrogens with one attached hydrogen (secondary N) is 1. The molecule has 1 atom stereocenters. The number of hydrogen-bond acceptors (Lipinski definition) is 6. The summed E-state index contributed by atoms with van der Waals surface area (Å²) in [5.74, 6) is 0.170. The SMILES string of the molecule is Cc1cccc(-c2nnc(S[C@H](C)C(=O)Nc3ccc(C#N)c(Cl)c3)o2)c1. The molecule has 0 aliphatic heterocycles. The summed E-state index contributed by atoms with van der Waals surface area (Å²) in [7, 11) is 0. The van der Waals surface area contributed by atoms with Gasteiger partial charge in [0.15, 0.2) is 0 Å². The lowest BCUT2D eigenvalue weighted by molar-refractivity contribution is -0.115. The van der Waals surface area contributed by atoms with Gasteiger partial charge < -0.3 is 9.73 Å². The summed E-state index contributed by atoms with van der Waals surface area (Å²) in [5, 5.41) is 19.8. The van der Waals surface area contributed by atoms with Gasteiger partial charge in [-0.1, -0.05) is 41.1 Å². The summed E-state index contributed by atoms with van der Waals surface area (Å²) >= 11 is 7.15. The average Bonchev–Trinajstić information content (AvgIpc) is 3.10. The topological polar surface area (TPSA) is 91.8 Å². The molecule has 1 aromatic heterocycles.